The molecular weight excluding hydrogens is 247 g/mol. The second-order valence-corrected chi connectivity index (χ2v) is 3.40. The third-order valence-electron chi connectivity index (χ3n) is 2.03. The number of carbonyl (C=O) groups excluding carboxylic acids is 1. The summed E-state index contributed by atoms with van der Waals surface area (Å²) in [6, 6.07) is 8.95. The van der Waals surface area contributed by atoms with Gasteiger partial charge in [0.15, 0.2) is 5.83 Å². The first-order valence-corrected chi connectivity index (χ1v) is 5.24. The van der Waals surface area contributed by atoms with E-state index < -0.39 is 24.4 Å². The first kappa shape index (κ1) is 14.1. The zero-order valence-electron chi connectivity index (χ0n) is 9.46. The third-order valence-corrected chi connectivity index (χ3v) is 2.03. The van der Waals surface area contributed by atoms with Crippen LogP contribution in [0, 0.1) is 0 Å². The molecule has 1 amide bonds. The van der Waals surface area contributed by atoms with Crippen LogP contribution in [0.4, 0.5) is 18.0 Å². The number of amides is 1. The van der Waals surface area contributed by atoms with Gasteiger partial charge in [0.05, 0.1) is 0 Å². The maximum atomic E-state index is 12.4. The van der Waals surface area contributed by atoms with Gasteiger partial charge in [-0.3, -0.25) is 0 Å². The van der Waals surface area contributed by atoms with Crippen molar-refractivity contribution in [1.82, 2.24) is 5.32 Å². The molecular formula is C12H12F3NO2. The highest BCUT2D eigenvalue weighted by atomic mass is 19.3. The van der Waals surface area contributed by atoms with E-state index in [0.717, 1.165) is 5.56 Å². The van der Waals surface area contributed by atoms with Crippen LogP contribution in [0.15, 0.2) is 42.2 Å². The summed E-state index contributed by atoms with van der Waals surface area (Å²) in [6.07, 6.45) is -3.69. The lowest BCUT2D eigenvalue weighted by Gasteiger charge is -2.06. The predicted molar refractivity (Wildman–Crippen MR) is 59.6 cm³/mol. The molecule has 0 bridgehead atoms. The minimum absolute atomic E-state index is 0.0719. The molecule has 1 aromatic rings. The second kappa shape index (κ2) is 7.37. The van der Waals surface area contributed by atoms with Crippen LogP contribution < -0.4 is 5.32 Å². The molecule has 0 fully saturated rings. The van der Waals surface area contributed by atoms with Crippen molar-refractivity contribution in [1.29, 1.82) is 0 Å². The van der Waals surface area contributed by atoms with Gasteiger partial charge < -0.3 is 10.1 Å². The lowest BCUT2D eigenvalue weighted by atomic mass is 10.2. The van der Waals surface area contributed by atoms with Crippen LogP contribution >= 0.6 is 0 Å². The molecule has 1 N–H and O–H groups in total. The minimum atomic E-state index is -2.37. The summed E-state index contributed by atoms with van der Waals surface area (Å²) in [5.41, 5.74) is 0.800. The fourth-order valence-corrected chi connectivity index (χ4v) is 1.14. The lowest BCUT2D eigenvalue weighted by Crippen LogP contribution is -2.25. The fourth-order valence-electron chi connectivity index (χ4n) is 1.14. The Morgan fingerprint density at radius 1 is 1.17 bits per heavy atom. The molecule has 0 aliphatic rings. The number of nitrogens with one attached hydrogen (secondary N) is 1. The molecule has 0 aliphatic carbocycles. The number of benzene rings is 1. The molecule has 98 valence electrons. The van der Waals surface area contributed by atoms with Gasteiger partial charge in [-0.15, -0.1) is 0 Å². The second-order valence-electron chi connectivity index (χ2n) is 3.40. The average Bonchev–Trinajstić information content (AvgIpc) is 2.37. The number of carbonyl (C=O) groups is 1. The lowest BCUT2D eigenvalue weighted by molar-refractivity contribution is 0.139. The van der Waals surface area contributed by atoms with E-state index in [-0.39, 0.29) is 13.2 Å². The number of hydrogen-bond acceptors (Lipinski definition) is 2. The summed E-state index contributed by atoms with van der Waals surface area (Å²) in [7, 11) is 0. The number of halogens is 3. The number of ether oxygens (including phenoxy) is 1. The van der Waals surface area contributed by atoms with E-state index >= 15 is 0 Å². The summed E-state index contributed by atoms with van der Waals surface area (Å²) in [4.78, 5) is 11.1. The predicted octanol–water partition coefficient (Wildman–Crippen LogP) is 3.38. The molecule has 3 nitrogen and oxygen atoms in total. The van der Waals surface area contributed by atoms with Gasteiger partial charge in [0.2, 0.25) is 0 Å². The fraction of sp³-hybridized carbons (Fsp3) is 0.250. The van der Waals surface area contributed by atoms with Gasteiger partial charge in [-0.2, -0.15) is 8.78 Å². The molecule has 0 unspecified atom stereocenters. The largest absolute Gasteiger partial charge is 0.445 e. The number of hydrogen-bond donors (Lipinski definition) is 1. The summed E-state index contributed by atoms with van der Waals surface area (Å²) >= 11 is 0. The Bertz CT molecular complexity index is 417. The highest BCUT2D eigenvalue weighted by Crippen LogP contribution is 2.11. The van der Waals surface area contributed by atoms with Crippen molar-refractivity contribution in [2.75, 3.05) is 6.54 Å². The molecule has 0 aliphatic heterocycles. The Kier molecular flexibility index (Phi) is 5.76. The van der Waals surface area contributed by atoms with E-state index in [0.29, 0.717) is 0 Å². The molecule has 0 heterocycles. The highest BCUT2D eigenvalue weighted by Gasteiger charge is 2.06. The molecule has 18 heavy (non-hydrogen) atoms. The van der Waals surface area contributed by atoms with Crippen molar-refractivity contribution in [3.05, 3.63) is 47.8 Å². The zero-order valence-corrected chi connectivity index (χ0v) is 9.46. The first-order valence-electron chi connectivity index (χ1n) is 5.24. The van der Waals surface area contributed by atoms with Crippen LogP contribution in [0.5, 0.6) is 0 Å². The molecule has 0 atom stereocenters. The van der Waals surface area contributed by atoms with Crippen molar-refractivity contribution in [3.63, 3.8) is 0 Å². The van der Waals surface area contributed by atoms with Crippen LogP contribution in [0.2, 0.25) is 0 Å². The van der Waals surface area contributed by atoms with Gasteiger partial charge in [-0.05, 0) is 5.56 Å². The molecule has 0 saturated heterocycles. The maximum Gasteiger partial charge on any atom is 0.407 e. The Morgan fingerprint density at radius 3 is 2.44 bits per heavy atom. The van der Waals surface area contributed by atoms with E-state index in [9.17, 15) is 18.0 Å². The summed E-state index contributed by atoms with van der Waals surface area (Å²) in [5, 5.41) is 2.17. The van der Waals surface area contributed by atoms with Crippen molar-refractivity contribution >= 4 is 6.09 Å². The van der Waals surface area contributed by atoms with E-state index in [2.05, 4.69) is 5.32 Å². The summed E-state index contributed by atoms with van der Waals surface area (Å²) < 4.78 is 40.5. The first-order chi connectivity index (χ1) is 8.59. The van der Waals surface area contributed by atoms with Crippen molar-refractivity contribution in [2.24, 2.45) is 0 Å². The Labute approximate surface area is 102 Å². The topological polar surface area (TPSA) is 38.3 Å². The number of rotatable bonds is 5. The van der Waals surface area contributed by atoms with Gasteiger partial charge in [0.25, 0.3) is 0 Å². The van der Waals surface area contributed by atoms with E-state index in [1.165, 1.54) is 0 Å². The molecule has 0 spiro atoms. The Hall–Kier alpha value is -1.98. The molecule has 1 rings (SSSR count). The van der Waals surface area contributed by atoms with Crippen molar-refractivity contribution in [2.45, 2.75) is 13.0 Å². The zero-order chi connectivity index (χ0) is 13.4. The van der Waals surface area contributed by atoms with Crippen LogP contribution in [-0.4, -0.2) is 12.6 Å². The average molecular weight is 259 g/mol. The van der Waals surface area contributed by atoms with Crippen LogP contribution in [0.3, 0.4) is 0 Å². The van der Waals surface area contributed by atoms with Gasteiger partial charge in [0, 0.05) is 13.0 Å². The van der Waals surface area contributed by atoms with Crippen LogP contribution in [0.1, 0.15) is 12.0 Å². The molecule has 0 aromatic heterocycles. The molecule has 1 aromatic carbocycles. The standard InChI is InChI=1S/C12H12F3NO2/c13-10(11(14)15)6-7-16-12(17)18-8-9-4-2-1-3-5-9/h1-5H,6-8H2,(H,16,17). The Balaban J connectivity index is 2.21. The smallest absolute Gasteiger partial charge is 0.407 e. The normalized spacial score (nSPS) is 9.72. The van der Waals surface area contributed by atoms with Gasteiger partial charge in [-0.1, -0.05) is 30.3 Å². The third kappa shape index (κ3) is 5.38. The van der Waals surface area contributed by atoms with Crippen LogP contribution in [0.25, 0.3) is 0 Å². The number of alkyl carbamates (subject to hydrolysis) is 1. The van der Waals surface area contributed by atoms with Crippen molar-refractivity contribution in [3.8, 4) is 0 Å². The van der Waals surface area contributed by atoms with E-state index in [1.807, 2.05) is 6.07 Å². The maximum absolute atomic E-state index is 12.4. The van der Waals surface area contributed by atoms with E-state index in [1.54, 1.807) is 24.3 Å². The van der Waals surface area contributed by atoms with E-state index in [4.69, 9.17) is 4.74 Å². The van der Waals surface area contributed by atoms with Gasteiger partial charge in [0.1, 0.15) is 6.61 Å². The summed E-state index contributed by atoms with van der Waals surface area (Å²) in [5.74, 6) is -1.53. The monoisotopic (exact) mass is 259 g/mol. The van der Waals surface area contributed by atoms with Gasteiger partial charge >= 0.3 is 12.2 Å². The van der Waals surface area contributed by atoms with Crippen molar-refractivity contribution < 1.29 is 22.7 Å². The molecule has 6 heteroatoms. The highest BCUT2D eigenvalue weighted by molar-refractivity contribution is 5.67. The minimum Gasteiger partial charge on any atom is -0.445 e. The van der Waals surface area contributed by atoms with Gasteiger partial charge in [-0.25, -0.2) is 9.18 Å². The molecule has 0 saturated carbocycles. The molecule has 0 radical (unpaired) electrons. The quantitative estimate of drug-likeness (QED) is 0.880. The van der Waals surface area contributed by atoms with Crippen LogP contribution in [-0.2, 0) is 11.3 Å². The Morgan fingerprint density at radius 2 is 1.83 bits per heavy atom. The summed E-state index contributed by atoms with van der Waals surface area (Å²) in [6.45, 7) is -0.167. The SMILES string of the molecule is O=C(NCCC(F)=C(F)F)OCc1ccccc1.